The van der Waals surface area contributed by atoms with Crippen LogP contribution < -0.4 is 10.1 Å². The van der Waals surface area contributed by atoms with Crippen molar-refractivity contribution in [3.63, 3.8) is 0 Å². The zero-order valence-corrected chi connectivity index (χ0v) is 14.7. The Morgan fingerprint density at radius 1 is 1.21 bits per heavy atom. The summed E-state index contributed by atoms with van der Waals surface area (Å²) in [5, 5.41) is 7.92. The number of imidazole rings is 1. The predicted octanol–water partition coefficient (Wildman–Crippen LogP) is 3.76. The molecule has 0 aliphatic heterocycles. The van der Waals surface area contributed by atoms with Crippen LogP contribution in [0.4, 0.5) is 19.0 Å². The molecule has 1 aliphatic rings. The summed E-state index contributed by atoms with van der Waals surface area (Å²) in [6, 6.07) is 7.86. The topological polar surface area (TPSA) is 69.3 Å². The van der Waals surface area contributed by atoms with Gasteiger partial charge in [-0.1, -0.05) is 12.1 Å². The number of nitrogens with zero attached hydrogens (tertiary/aromatic N) is 5. The minimum absolute atomic E-state index is 0.295. The number of fused-ring (bicyclic) bond motifs is 3. The summed E-state index contributed by atoms with van der Waals surface area (Å²) in [5.74, 6) is 0.392. The van der Waals surface area contributed by atoms with Gasteiger partial charge in [0.2, 0.25) is 0 Å². The molecule has 7 nitrogen and oxygen atoms in total. The molecule has 4 aromatic rings. The summed E-state index contributed by atoms with van der Waals surface area (Å²) in [6.07, 6.45) is -0.873. The third kappa shape index (κ3) is 3.00. The minimum atomic E-state index is -4.75. The molecular weight excluding hydrogens is 373 g/mol. The third-order valence-corrected chi connectivity index (χ3v) is 4.53. The Bertz CT molecular complexity index is 1190. The van der Waals surface area contributed by atoms with Gasteiger partial charge in [-0.05, 0) is 25.0 Å². The normalized spacial score (nSPS) is 14.7. The van der Waals surface area contributed by atoms with Crippen molar-refractivity contribution < 1.29 is 17.9 Å². The number of alkyl halides is 3. The first kappa shape index (κ1) is 16.8. The molecular formula is C18H15F3N6O. The Morgan fingerprint density at radius 3 is 2.79 bits per heavy atom. The molecule has 1 N–H and O–H groups in total. The highest BCUT2D eigenvalue weighted by atomic mass is 19.4. The lowest BCUT2D eigenvalue weighted by atomic mass is 10.1. The number of rotatable bonds is 4. The molecule has 1 fully saturated rings. The van der Waals surface area contributed by atoms with Gasteiger partial charge in [0, 0.05) is 24.7 Å². The molecule has 144 valence electrons. The Morgan fingerprint density at radius 2 is 2.04 bits per heavy atom. The van der Waals surface area contributed by atoms with Crippen molar-refractivity contribution in [2.45, 2.75) is 25.2 Å². The smallest absolute Gasteiger partial charge is 0.406 e. The average molecular weight is 388 g/mol. The highest BCUT2D eigenvalue weighted by Crippen LogP contribution is 2.31. The number of nitrogens with one attached hydrogen (secondary N) is 1. The predicted molar refractivity (Wildman–Crippen MR) is 96.0 cm³/mol. The number of hydrogen-bond acceptors (Lipinski definition) is 5. The largest absolute Gasteiger partial charge is 0.573 e. The van der Waals surface area contributed by atoms with Gasteiger partial charge in [0.15, 0.2) is 22.6 Å². The van der Waals surface area contributed by atoms with E-state index in [-0.39, 0.29) is 5.75 Å². The SMILES string of the molecule is Cn1cnc2c(NC3CC3)nc3cc(-c4cccc(OC(F)(F)F)c4)nn3c21. The molecule has 0 spiro atoms. The van der Waals surface area contributed by atoms with Crippen LogP contribution in [-0.2, 0) is 7.05 Å². The summed E-state index contributed by atoms with van der Waals surface area (Å²) < 4.78 is 45.0. The monoisotopic (exact) mass is 388 g/mol. The number of aromatic nitrogens is 5. The second kappa shape index (κ2) is 5.85. The van der Waals surface area contributed by atoms with E-state index in [1.165, 1.54) is 18.2 Å². The van der Waals surface area contributed by atoms with E-state index < -0.39 is 6.36 Å². The Kier molecular flexibility index (Phi) is 3.52. The van der Waals surface area contributed by atoms with Gasteiger partial charge in [-0.2, -0.15) is 9.61 Å². The van der Waals surface area contributed by atoms with Crippen molar-refractivity contribution in [3.8, 4) is 17.0 Å². The fourth-order valence-corrected chi connectivity index (χ4v) is 3.13. The molecule has 3 aromatic heterocycles. The van der Waals surface area contributed by atoms with Crippen molar-refractivity contribution in [3.05, 3.63) is 36.7 Å². The van der Waals surface area contributed by atoms with Crippen LogP contribution in [0.15, 0.2) is 36.7 Å². The van der Waals surface area contributed by atoms with Gasteiger partial charge < -0.3 is 14.6 Å². The van der Waals surface area contributed by atoms with E-state index in [1.807, 2.05) is 11.6 Å². The maximum atomic E-state index is 12.5. The number of aryl methyl sites for hydroxylation is 1. The molecule has 1 aliphatic carbocycles. The molecule has 3 heterocycles. The zero-order valence-electron chi connectivity index (χ0n) is 14.7. The third-order valence-electron chi connectivity index (χ3n) is 4.53. The van der Waals surface area contributed by atoms with E-state index in [9.17, 15) is 13.2 Å². The van der Waals surface area contributed by atoms with Gasteiger partial charge in [0.1, 0.15) is 5.75 Å². The van der Waals surface area contributed by atoms with Gasteiger partial charge in [0.05, 0.1) is 12.0 Å². The number of benzene rings is 1. The number of anilines is 1. The van der Waals surface area contributed by atoms with Crippen LogP contribution in [0.2, 0.25) is 0 Å². The first-order chi connectivity index (χ1) is 13.4. The van der Waals surface area contributed by atoms with Crippen LogP contribution in [0.1, 0.15) is 12.8 Å². The summed E-state index contributed by atoms with van der Waals surface area (Å²) in [6.45, 7) is 0. The molecule has 0 unspecified atom stereocenters. The molecule has 28 heavy (non-hydrogen) atoms. The molecule has 1 aromatic carbocycles. The molecule has 5 rings (SSSR count). The lowest BCUT2D eigenvalue weighted by Crippen LogP contribution is -2.17. The highest BCUT2D eigenvalue weighted by molar-refractivity contribution is 5.86. The van der Waals surface area contributed by atoms with Gasteiger partial charge in [-0.15, -0.1) is 13.2 Å². The summed E-state index contributed by atoms with van der Waals surface area (Å²) >= 11 is 0. The van der Waals surface area contributed by atoms with Crippen LogP contribution in [-0.4, -0.2) is 36.6 Å². The van der Waals surface area contributed by atoms with Gasteiger partial charge in [0.25, 0.3) is 0 Å². The molecule has 0 amide bonds. The second-order valence-corrected chi connectivity index (χ2v) is 6.78. The molecule has 0 radical (unpaired) electrons. The highest BCUT2D eigenvalue weighted by Gasteiger charge is 2.31. The van der Waals surface area contributed by atoms with Gasteiger partial charge >= 0.3 is 6.36 Å². The zero-order chi connectivity index (χ0) is 19.5. The van der Waals surface area contributed by atoms with E-state index in [0.717, 1.165) is 18.5 Å². The van der Waals surface area contributed by atoms with Crippen molar-refractivity contribution in [1.82, 2.24) is 24.1 Å². The number of ether oxygens (including phenoxy) is 1. The fraction of sp³-hybridized carbons (Fsp3) is 0.278. The molecule has 1 saturated carbocycles. The van der Waals surface area contributed by atoms with E-state index in [0.29, 0.717) is 34.3 Å². The Hall–Kier alpha value is -3.30. The lowest BCUT2D eigenvalue weighted by molar-refractivity contribution is -0.274. The van der Waals surface area contributed by atoms with Gasteiger partial charge in [-0.25, -0.2) is 9.97 Å². The maximum absolute atomic E-state index is 12.5. The summed E-state index contributed by atoms with van der Waals surface area (Å²) in [7, 11) is 1.86. The quantitative estimate of drug-likeness (QED) is 0.577. The number of hydrogen-bond donors (Lipinski definition) is 1. The van der Waals surface area contributed by atoms with E-state index in [2.05, 4.69) is 25.1 Å². The second-order valence-electron chi connectivity index (χ2n) is 6.78. The van der Waals surface area contributed by atoms with Crippen molar-refractivity contribution >= 4 is 22.6 Å². The van der Waals surface area contributed by atoms with Crippen LogP contribution in [0.25, 0.3) is 28.1 Å². The van der Waals surface area contributed by atoms with Crippen molar-refractivity contribution in [2.24, 2.45) is 7.05 Å². The maximum Gasteiger partial charge on any atom is 0.573 e. The summed E-state index contributed by atoms with van der Waals surface area (Å²) in [5.41, 5.74) is 3.02. The molecule has 0 saturated heterocycles. The average Bonchev–Trinajstić information content (AvgIpc) is 3.20. The van der Waals surface area contributed by atoms with Crippen molar-refractivity contribution in [1.29, 1.82) is 0 Å². The van der Waals surface area contributed by atoms with Crippen LogP contribution in [0.3, 0.4) is 0 Å². The van der Waals surface area contributed by atoms with Crippen LogP contribution in [0, 0.1) is 0 Å². The minimum Gasteiger partial charge on any atom is -0.406 e. The molecule has 10 heteroatoms. The fourth-order valence-electron chi connectivity index (χ4n) is 3.13. The molecule has 0 atom stereocenters. The summed E-state index contributed by atoms with van der Waals surface area (Å²) in [4.78, 5) is 9.04. The van der Waals surface area contributed by atoms with Crippen LogP contribution >= 0.6 is 0 Å². The Balaban J connectivity index is 1.63. The Labute approximate surface area is 156 Å². The van der Waals surface area contributed by atoms with Gasteiger partial charge in [-0.3, -0.25) is 0 Å². The molecule has 0 bridgehead atoms. The first-order valence-corrected chi connectivity index (χ1v) is 8.71. The standard InChI is InChI=1S/C18H15F3N6O/c1-26-9-22-15-16(23-11-5-6-11)24-14-8-13(25-27(14)17(15)26)10-3-2-4-12(7-10)28-18(19,20)21/h2-4,7-9,11H,5-6H2,1H3,(H,23,24). The van der Waals surface area contributed by atoms with E-state index >= 15 is 0 Å². The van der Waals surface area contributed by atoms with Crippen LogP contribution in [0.5, 0.6) is 5.75 Å². The first-order valence-electron chi connectivity index (χ1n) is 8.71. The van der Waals surface area contributed by atoms with Crippen molar-refractivity contribution in [2.75, 3.05) is 5.32 Å². The number of halogens is 3. The lowest BCUT2D eigenvalue weighted by Gasteiger charge is -2.09. The van der Waals surface area contributed by atoms with E-state index in [4.69, 9.17) is 0 Å². The van der Waals surface area contributed by atoms with E-state index in [1.54, 1.807) is 23.0 Å².